The first-order valence-electron chi connectivity index (χ1n) is 4.89. The minimum atomic E-state index is -0.228. The molecule has 0 radical (unpaired) electrons. The molecule has 1 aliphatic heterocycles. The van der Waals surface area contributed by atoms with E-state index in [0.717, 1.165) is 0 Å². The monoisotopic (exact) mass is 169 g/mol. The zero-order valence-corrected chi connectivity index (χ0v) is 8.30. The fourth-order valence-electron chi connectivity index (χ4n) is 1.93. The zero-order chi connectivity index (χ0) is 8.98. The van der Waals surface area contributed by atoms with E-state index >= 15 is 0 Å². The summed E-state index contributed by atoms with van der Waals surface area (Å²) in [5.74, 6) is 0. The largest absolute Gasteiger partial charge is 0.392 e. The SMILES string of the molecule is CC(O)C(C)(C)N1CC2(CC2)C1. The van der Waals surface area contributed by atoms with Gasteiger partial charge in [-0.2, -0.15) is 0 Å². The van der Waals surface area contributed by atoms with Crippen molar-refractivity contribution in [2.45, 2.75) is 45.3 Å². The molecule has 1 N–H and O–H groups in total. The first kappa shape index (κ1) is 8.52. The van der Waals surface area contributed by atoms with Gasteiger partial charge in [0.15, 0.2) is 0 Å². The van der Waals surface area contributed by atoms with E-state index in [0.29, 0.717) is 5.41 Å². The lowest BCUT2D eigenvalue weighted by molar-refractivity contribution is -0.0702. The summed E-state index contributed by atoms with van der Waals surface area (Å²) in [5.41, 5.74) is 0.681. The molecular formula is C10H19NO. The van der Waals surface area contributed by atoms with Gasteiger partial charge in [0.2, 0.25) is 0 Å². The topological polar surface area (TPSA) is 23.5 Å². The van der Waals surface area contributed by atoms with Crippen LogP contribution < -0.4 is 0 Å². The highest BCUT2D eigenvalue weighted by Gasteiger charge is 2.56. The van der Waals surface area contributed by atoms with Crippen LogP contribution in [0.5, 0.6) is 0 Å². The van der Waals surface area contributed by atoms with Crippen LogP contribution in [0.4, 0.5) is 0 Å². The molecule has 1 atom stereocenters. The molecule has 0 aromatic rings. The fraction of sp³-hybridized carbons (Fsp3) is 1.00. The molecular weight excluding hydrogens is 150 g/mol. The van der Waals surface area contributed by atoms with Crippen molar-refractivity contribution >= 4 is 0 Å². The van der Waals surface area contributed by atoms with Crippen LogP contribution in [0.1, 0.15) is 33.6 Å². The van der Waals surface area contributed by atoms with E-state index in [-0.39, 0.29) is 11.6 Å². The van der Waals surface area contributed by atoms with E-state index in [2.05, 4.69) is 18.7 Å². The summed E-state index contributed by atoms with van der Waals surface area (Å²) in [6, 6.07) is 0. The lowest BCUT2D eigenvalue weighted by Gasteiger charge is -2.51. The van der Waals surface area contributed by atoms with E-state index in [9.17, 15) is 5.11 Å². The van der Waals surface area contributed by atoms with Crippen molar-refractivity contribution in [1.82, 2.24) is 4.90 Å². The Morgan fingerprint density at radius 3 is 2.17 bits per heavy atom. The summed E-state index contributed by atoms with van der Waals surface area (Å²) in [6.45, 7) is 8.58. The van der Waals surface area contributed by atoms with Gasteiger partial charge >= 0.3 is 0 Å². The number of likely N-dealkylation sites (tertiary alicyclic amines) is 1. The standard InChI is InChI=1S/C10H19NO/c1-8(12)9(2,3)11-6-10(7-11)4-5-10/h8,12H,4-7H2,1-3H3. The maximum absolute atomic E-state index is 9.56. The maximum Gasteiger partial charge on any atom is 0.0690 e. The molecule has 0 amide bonds. The Labute approximate surface area is 74.6 Å². The summed E-state index contributed by atoms with van der Waals surface area (Å²) in [6.07, 6.45) is 2.60. The number of hydrogen-bond donors (Lipinski definition) is 1. The summed E-state index contributed by atoms with van der Waals surface area (Å²) < 4.78 is 0. The average Bonchev–Trinajstić information content (AvgIpc) is 2.60. The highest BCUT2D eigenvalue weighted by Crippen LogP contribution is 2.54. The molecule has 1 saturated heterocycles. The second-order valence-electron chi connectivity index (χ2n) is 5.19. The molecule has 0 aromatic heterocycles. The summed E-state index contributed by atoms with van der Waals surface area (Å²) in [7, 11) is 0. The highest BCUT2D eigenvalue weighted by atomic mass is 16.3. The van der Waals surface area contributed by atoms with E-state index in [1.807, 2.05) is 6.92 Å². The van der Waals surface area contributed by atoms with E-state index < -0.39 is 0 Å². The van der Waals surface area contributed by atoms with E-state index in [1.54, 1.807) is 0 Å². The molecule has 2 heteroatoms. The van der Waals surface area contributed by atoms with Gasteiger partial charge in [-0.3, -0.25) is 4.90 Å². The summed E-state index contributed by atoms with van der Waals surface area (Å²) in [4.78, 5) is 2.41. The van der Waals surface area contributed by atoms with Crippen LogP contribution in [0.2, 0.25) is 0 Å². The zero-order valence-electron chi connectivity index (χ0n) is 8.30. The van der Waals surface area contributed by atoms with Gasteiger partial charge in [-0.25, -0.2) is 0 Å². The van der Waals surface area contributed by atoms with Crippen molar-refractivity contribution in [3.8, 4) is 0 Å². The Kier molecular flexibility index (Phi) is 1.59. The first-order valence-corrected chi connectivity index (χ1v) is 4.89. The third-order valence-corrected chi connectivity index (χ3v) is 3.85. The molecule has 1 saturated carbocycles. The van der Waals surface area contributed by atoms with Crippen molar-refractivity contribution < 1.29 is 5.11 Å². The second-order valence-corrected chi connectivity index (χ2v) is 5.19. The maximum atomic E-state index is 9.56. The minimum absolute atomic E-state index is 0.0200. The third-order valence-electron chi connectivity index (χ3n) is 3.85. The quantitative estimate of drug-likeness (QED) is 0.672. The molecule has 12 heavy (non-hydrogen) atoms. The highest BCUT2D eigenvalue weighted by molar-refractivity contribution is 5.09. The van der Waals surface area contributed by atoms with E-state index in [1.165, 1.54) is 25.9 Å². The van der Waals surface area contributed by atoms with Gasteiger partial charge < -0.3 is 5.11 Å². The average molecular weight is 169 g/mol. The molecule has 2 fully saturated rings. The Bertz CT molecular complexity index is 186. The van der Waals surface area contributed by atoms with Crippen molar-refractivity contribution in [3.05, 3.63) is 0 Å². The number of nitrogens with zero attached hydrogens (tertiary/aromatic N) is 1. The molecule has 2 nitrogen and oxygen atoms in total. The van der Waals surface area contributed by atoms with Crippen LogP contribution in [-0.4, -0.2) is 34.7 Å². The van der Waals surface area contributed by atoms with Crippen LogP contribution in [0.3, 0.4) is 0 Å². The number of aliphatic hydroxyl groups is 1. The Balaban J connectivity index is 1.93. The molecule has 1 aliphatic carbocycles. The van der Waals surface area contributed by atoms with Crippen LogP contribution in [-0.2, 0) is 0 Å². The van der Waals surface area contributed by atoms with Crippen LogP contribution in [0.15, 0.2) is 0 Å². The Hall–Kier alpha value is -0.0800. The van der Waals surface area contributed by atoms with Gasteiger partial charge in [-0.1, -0.05) is 0 Å². The van der Waals surface area contributed by atoms with Crippen molar-refractivity contribution in [2.24, 2.45) is 5.41 Å². The fourth-order valence-corrected chi connectivity index (χ4v) is 1.93. The molecule has 2 rings (SSSR count). The predicted molar refractivity (Wildman–Crippen MR) is 49.0 cm³/mol. The molecule has 1 heterocycles. The molecule has 0 aromatic carbocycles. The Morgan fingerprint density at radius 1 is 1.33 bits per heavy atom. The lowest BCUT2D eigenvalue weighted by atomic mass is 9.86. The van der Waals surface area contributed by atoms with Crippen molar-refractivity contribution in [2.75, 3.05) is 13.1 Å². The summed E-state index contributed by atoms with van der Waals surface area (Å²) >= 11 is 0. The number of aliphatic hydroxyl groups excluding tert-OH is 1. The molecule has 0 bridgehead atoms. The van der Waals surface area contributed by atoms with E-state index in [4.69, 9.17) is 0 Å². The second kappa shape index (κ2) is 2.24. The first-order chi connectivity index (χ1) is 5.46. The minimum Gasteiger partial charge on any atom is -0.392 e. The molecule has 1 unspecified atom stereocenters. The van der Waals surface area contributed by atoms with Crippen molar-refractivity contribution in [3.63, 3.8) is 0 Å². The third kappa shape index (κ3) is 1.09. The molecule has 1 spiro atoms. The van der Waals surface area contributed by atoms with Crippen LogP contribution in [0.25, 0.3) is 0 Å². The van der Waals surface area contributed by atoms with Gasteiger partial charge in [-0.15, -0.1) is 0 Å². The van der Waals surface area contributed by atoms with Crippen LogP contribution >= 0.6 is 0 Å². The summed E-state index contributed by atoms with van der Waals surface area (Å²) in [5, 5.41) is 9.56. The predicted octanol–water partition coefficient (Wildman–Crippen LogP) is 1.24. The van der Waals surface area contributed by atoms with Gasteiger partial charge in [0.25, 0.3) is 0 Å². The number of hydrogen-bond acceptors (Lipinski definition) is 2. The van der Waals surface area contributed by atoms with Gasteiger partial charge in [0.05, 0.1) is 6.10 Å². The number of rotatable bonds is 2. The lowest BCUT2D eigenvalue weighted by Crippen LogP contribution is -2.62. The smallest absolute Gasteiger partial charge is 0.0690 e. The van der Waals surface area contributed by atoms with Crippen LogP contribution in [0, 0.1) is 5.41 Å². The van der Waals surface area contributed by atoms with Gasteiger partial charge in [-0.05, 0) is 39.0 Å². The normalized spacial score (nSPS) is 30.0. The molecule has 70 valence electrons. The Morgan fingerprint density at radius 2 is 1.83 bits per heavy atom. The molecule has 2 aliphatic rings. The van der Waals surface area contributed by atoms with Gasteiger partial charge in [0, 0.05) is 18.6 Å². The van der Waals surface area contributed by atoms with Gasteiger partial charge in [0.1, 0.15) is 0 Å². The van der Waals surface area contributed by atoms with Crippen molar-refractivity contribution in [1.29, 1.82) is 0 Å².